The third-order valence-electron chi connectivity index (χ3n) is 7.43. The molecule has 222 valence electrons. The second kappa shape index (κ2) is 18.5. The average molecular weight is 577 g/mol. The van der Waals surface area contributed by atoms with Gasteiger partial charge in [-0.15, -0.1) is 11.3 Å². The first-order valence-electron chi connectivity index (χ1n) is 15.7. The quantitative estimate of drug-likeness (QED) is 0.0762. The molecule has 2 aromatic carbocycles. The standard InChI is InChI=1S/C36H48O4S/c1-4-6-8-10-11-12-13-15-25-39-33-23-21-29(22-24-33)32-26-34(41-27-32)35(37)30-17-19-31(20-18-30)36(38)40-28(3)16-14-9-7-5-2/h17-24,26-28H,4-16,25H2,1-3H3/t28-/m0/s1. The minimum Gasteiger partial charge on any atom is -0.494 e. The molecule has 1 atom stereocenters. The predicted molar refractivity (Wildman–Crippen MR) is 171 cm³/mol. The molecule has 0 N–H and O–H groups in total. The predicted octanol–water partition coefficient (Wildman–Crippen LogP) is 10.7. The third-order valence-corrected chi connectivity index (χ3v) is 8.36. The molecule has 0 saturated heterocycles. The van der Waals surface area contributed by atoms with Gasteiger partial charge in [-0.1, -0.05) is 102 Å². The van der Waals surface area contributed by atoms with Crippen molar-refractivity contribution in [2.75, 3.05) is 6.61 Å². The number of esters is 1. The van der Waals surface area contributed by atoms with Crippen LogP contribution in [0.15, 0.2) is 60.0 Å². The summed E-state index contributed by atoms with van der Waals surface area (Å²) in [6, 6.07) is 16.8. The van der Waals surface area contributed by atoms with Crippen molar-refractivity contribution in [2.24, 2.45) is 0 Å². The molecule has 4 nitrogen and oxygen atoms in total. The van der Waals surface area contributed by atoms with E-state index < -0.39 is 0 Å². The van der Waals surface area contributed by atoms with E-state index in [4.69, 9.17) is 9.47 Å². The third kappa shape index (κ3) is 11.5. The van der Waals surface area contributed by atoms with Gasteiger partial charge >= 0.3 is 5.97 Å². The highest BCUT2D eigenvalue weighted by atomic mass is 32.1. The van der Waals surface area contributed by atoms with Crippen molar-refractivity contribution in [3.05, 3.63) is 76.0 Å². The SMILES string of the molecule is CCCCCCCCCCOc1ccc(-c2csc(C(=O)c3ccc(C(=O)O[C@@H](C)CCCCCC)cc3)c2)cc1. The minimum atomic E-state index is -0.337. The fraction of sp³-hybridized carbons (Fsp3) is 0.500. The summed E-state index contributed by atoms with van der Waals surface area (Å²) in [5.74, 6) is 0.499. The molecule has 1 heterocycles. The van der Waals surface area contributed by atoms with E-state index in [2.05, 4.69) is 13.8 Å². The van der Waals surface area contributed by atoms with Crippen LogP contribution in [0.2, 0.25) is 0 Å². The topological polar surface area (TPSA) is 52.6 Å². The molecule has 5 heteroatoms. The van der Waals surface area contributed by atoms with Gasteiger partial charge in [-0.25, -0.2) is 4.79 Å². The monoisotopic (exact) mass is 576 g/mol. The van der Waals surface area contributed by atoms with Crippen LogP contribution in [0.3, 0.4) is 0 Å². The van der Waals surface area contributed by atoms with Gasteiger partial charge in [0.2, 0.25) is 5.78 Å². The van der Waals surface area contributed by atoms with Crippen LogP contribution in [0.4, 0.5) is 0 Å². The molecule has 0 unspecified atom stereocenters. The summed E-state index contributed by atoms with van der Waals surface area (Å²) in [5.41, 5.74) is 3.11. The zero-order chi connectivity index (χ0) is 29.3. The lowest BCUT2D eigenvalue weighted by atomic mass is 10.0. The average Bonchev–Trinajstić information content (AvgIpc) is 3.49. The molecule has 0 aliphatic heterocycles. The lowest BCUT2D eigenvalue weighted by Gasteiger charge is -2.13. The van der Waals surface area contributed by atoms with E-state index in [9.17, 15) is 9.59 Å². The van der Waals surface area contributed by atoms with Gasteiger partial charge < -0.3 is 9.47 Å². The number of hydrogen-bond donors (Lipinski definition) is 0. The van der Waals surface area contributed by atoms with Crippen LogP contribution in [0.1, 0.15) is 130 Å². The second-order valence-electron chi connectivity index (χ2n) is 11.0. The van der Waals surface area contributed by atoms with Gasteiger partial charge in [0, 0.05) is 5.56 Å². The van der Waals surface area contributed by atoms with Crippen molar-refractivity contribution in [1.82, 2.24) is 0 Å². The van der Waals surface area contributed by atoms with Gasteiger partial charge in [-0.05, 0) is 73.0 Å². The number of carbonyl (C=O) groups is 2. The highest BCUT2D eigenvalue weighted by Gasteiger charge is 2.16. The molecule has 0 bridgehead atoms. The van der Waals surface area contributed by atoms with E-state index >= 15 is 0 Å². The van der Waals surface area contributed by atoms with Crippen molar-refractivity contribution < 1.29 is 19.1 Å². The largest absolute Gasteiger partial charge is 0.494 e. The Bertz CT molecular complexity index is 1160. The number of benzene rings is 2. The van der Waals surface area contributed by atoms with Crippen LogP contribution in [0, 0.1) is 0 Å². The fourth-order valence-electron chi connectivity index (χ4n) is 4.84. The highest BCUT2D eigenvalue weighted by molar-refractivity contribution is 7.12. The number of rotatable bonds is 20. The first-order chi connectivity index (χ1) is 20.0. The Morgan fingerprint density at radius 1 is 0.707 bits per heavy atom. The summed E-state index contributed by atoms with van der Waals surface area (Å²) >= 11 is 1.44. The molecule has 1 aromatic heterocycles. The number of ketones is 1. The van der Waals surface area contributed by atoms with E-state index in [1.165, 1.54) is 75.5 Å². The maximum atomic E-state index is 13.1. The summed E-state index contributed by atoms with van der Waals surface area (Å²) < 4.78 is 11.5. The van der Waals surface area contributed by atoms with Gasteiger partial charge in [-0.2, -0.15) is 0 Å². The van der Waals surface area contributed by atoms with Gasteiger partial charge in [0.25, 0.3) is 0 Å². The Kier molecular flexibility index (Phi) is 14.7. The van der Waals surface area contributed by atoms with Gasteiger partial charge in [-0.3, -0.25) is 4.79 Å². The molecule has 0 radical (unpaired) electrons. The van der Waals surface area contributed by atoms with Gasteiger partial charge in [0.05, 0.1) is 23.2 Å². The molecule has 0 spiro atoms. The maximum Gasteiger partial charge on any atom is 0.338 e. The van der Waals surface area contributed by atoms with E-state index in [1.807, 2.05) is 42.6 Å². The Hall–Kier alpha value is -2.92. The molecule has 0 aliphatic rings. The van der Waals surface area contributed by atoms with Crippen LogP contribution < -0.4 is 4.74 Å². The molecule has 0 amide bonds. The van der Waals surface area contributed by atoms with Crippen LogP contribution in [0.5, 0.6) is 5.75 Å². The molecule has 0 saturated carbocycles. The highest BCUT2D eigenvalue weighted by Crippen LogP contribution is 2.29. The van der Waals surface area contributed by atoms with Crippen molar-refractivity contribution in [1.29, 1.82) is 0 Å². The summed E-state index contributed by atoms with van der Waals surface area (Å²) in [6.07, 6.45) is 15.7. The summed E-state index contributed by atoms with van der Waals surface area (Å²) in [7, 11) is 0. The van der Waals surface area contributed by atoms with E-state index in [0.717, 1.165) is 42.7 Å². The van der Waals surface area contributed by atoms with Gasteiger partial charge in [0.1, 0.15) is 5.75 Å². The Labute approximate surface area is 251 Å². The zero-order valence-corrected chi connectivity index (χ0v) is 26.1. The molecule has 0 fully saturated rings. The smallest absolute Gasteiger partial charge is 0.338 e. The molecular formula is C36H48O4S. The second-order valence-corrected chi connectivity index (χ2v) is 11.9. The molecule has 3 aromatic rings. The van der Waals surface area contributed by atoms with Crippen molar-refractivity contribution >= 4 is 23.1 Å². The van der Waals surface area contributed by atoms with Crippen molar-refractivity contribution in [3.63, 3.8) is 0 Å². The van der Waals surface area contributed by atoms with E-state index in [1.54, 1.807) is 24.3 Å². The zero-order valence-electron chi connectivity index (χ0n) is 25.3. The number of hydrogen-bond acceptors (Lipinski definition) is 5. The summed E-state index contributed by atoms with van der Waals surface area (Å²) in [5, 5.41) is 2.01. The number of unbranched alkanes of at least 4 members (excludes halogenated alkanes) is 10. The number of thiophene rings is 1. The summed E-state index contributed by atoms with van der Waals surface area (Å²) in [6.45, 7) is 7.13. The van der Waals surface area contributed by atoms with Crippen molar-refractivity contribution in [3.8, 4) is 16.9 Å². The Morgan fingerprint density at radius 3 is 1.95 bits per heavy atom. The minimum absolute atomic E-state index is 0.0456. The van der Waals surface area contributed by atoms with Crippen LogP contribution in [-0.4, -0.2) is 24.5 Å². The van der Waals surface area contributed by atoms with Crippen molar-refractivity contribution in [2.45, 2.75) is 110 Å². The lowest BCUT2D eigenvalue weighted by Crippen LogP contribution is -2.15. The maximum absolute atomic E-state index is 13.1. The first-order valence-corrected chi connectivity index (χ1v) is 16.6. The normalized spacial score (nSPS) is 11.8. The fourth-order valence-corrected chi connectivity index (χ4v) is 5.72. The van der Waals surface area contributed by atoms with E-state index in [0.29, 0.717) is 16.0 Å². The van der Waals surface area contributed by atoms with E-state index in [-0.39, 0.29) is 17.9 Å². The molecular weight excluding hydrogens is 528 g/mol. The van der Waals surface area contributed by atoms with Crippen LogP contribution in [0.25, 0.3) is 11.1 Å². The number of ether oxygens (including phenoxy) is 2. The molecule has 3 rings (SSSR count). The summed E-state index contributed by atoms with van der Waals surface area (Å²) in [4.78, 5) is 26.3. The lowest BCUT2D eigenvalue weighted by molar-refractivity contribution is 0.0319. The van der Waals surface area contributed by atoms with Crippen LogP contribution >= 0.6 is 11.3 Å². The molecule has 0 aliphatic carbocycles. The molecule has 41 heavy (non-hydrogen) atoms. The van der Waals surface area contributed by atoms with Crippen LogP contribution in [-0.2, 0) is 4.74 Å². The number of carbonyl (C=O) groups excluding carboxylic acids is 2. The van der Waals surface area contributed by atoms with Gasteiger partial charge in [0.15, 0.2) is 0 Å². The first kappa shape index (κ1) is 32.6. The Morgan fingerprint density at radius 2 is 1.29 bits per heavy atom. The Balaban J connectivity index is 1.44.